The quantitative estimate of drug-likeness (QED) is 0.928. The van der Waals surface area contributed by atoms with Crippen LogP contribution in [0.3, 0.4) is 0 Å². The number of benzene rings is 1. The van der Waals surface area contributed by atoms with Crippen LogP contribution >= 0.6 is 11.8 Å². The molecule has 2 N–H and O–H groups in total. The third kappa shape index (κ3) is 2.79. The summed E-state index contributed by atoms with van der Waals surface area (Å²) >= 11 is 1.70. The van der Waals surface area contributed by atoms with Gasteiger partial charge in [0.2, 0.25) is 5.16 Å². The van der Waals surface area contributed by atoms with Crippen molar-refractivity contribution < 1.29 is 0 Å². The van der Waals surface area contributed by atoms with Crippen LogP contribution in [0.1, 0.15) is 25.7 Å². The molecule has 2 aromatic rings. The van der Waals surface area contributed by atoms with E-state index in [-0.39, 0.29) is 6.04 Å². The molecule has 0 bridgehead atoms. The summed E-state index contributed by atoms with van der Waals surface area (Å²) in [5.74, 6) is 0. The van der Waals surface area contributed by atoms with Crippen molar-refractivity contribution in [3.05, 3.63) is 30.3 Å². The van der Waals surface area contributed by atoms with Crippen molar-refractivity contribution in [1.82, 2.24) is 20.2 Å². The summed E-state index contributed by atoms with van der Waals surface area (Å²) in [4.78, 5) is 0. The van der Waals surface area contributed by atoms with Gasteiger partial charge in [-0.1, -0.05) is 42.8 Å². The Bertz CT molecular complexity index is 527. The smallest absolute Gasteiger partial charge is 0.214 e. The largest absolute Gasteiger partial charge is 0.327 e. The van der Waals surface area contributed by atoms with Gasteiger partial charge in [0.15, 0.2) is 0 Å². The third-order valence-corrected chi connectivity index (χ3v) is 4.81. The van der Waals surface area contributed by atoms with Crippen LogP contribution in [0.15, 0.2) is 35.5 Å². The molecule has 0 spiro atoms. The molecule has 0 saturated heterocycles. The zero-order valence-corrected chi connectivity index (χ0v) is 11.5. The monoisotopic (exact) mass is 275 g/mol. The molecule has 1 aromatic heterocycles. The van der Waals surface area contributed by atoms with E-state index >= 15 is 0 Å². The summed E-state index contributed by atoms with van der Waals surface area (Å²) in [5, 5.41) is 13.2. The molecule has 1 saturated carbocycles. The van der Waals surface area contributed by atoms with Crippen molar-refractivity contribution in [1.29, 1.82) is 0 Å². The first kappa shape index (κ1) is 12.6. The molecule has 0 radical (unpaired) electrons. The Kier molecular flexibility index (Phi) is 3.79. The topological polar surface area (TPSA) is 69.6 Å². The molecule has 0 aliphatic heterocycles. The lowest BCUT2D eigenvalue weighted by molar-refractivity contribution is 0.452. The van der Waals surface area contributed by atoms with Crippen LogP contribution in [0, 0.1) is 0 Å². The first-order valence-corrected chi connectivity index (χ1v) is 7.48. The molecular formula is C13H17N5S. The predicted octanol–water partition coefficient (Wildman–Crippen LogP) is 2.02. The fourth-order valence-electron chi connectivity index (χ4n) is 2.39. The van der Waals surface area contributed by atoms with Crippen LogP contribution < -0.4 is 5.73 Å². The minimum Gasteiger partial charge on any atom is -0.327 e. The van der Waals surface area contributed by atoms with E-state index in [0.29, 0.717) is 5.25 Å². The van der Waals surface area contributed by atoms with Gasteiger partial charge in [0, 0.05) is 11.3 Å². The molecule has 0 amide bonds. The van der Waals surface area contributed by atoms with Gasteiger partial charge in [0.05, 0.1) is 5.69 Å². The predicted molar refractivity (Wildman–Crippen MR) is 75.2 cm³/mol. The fraction of sp³-hybridized carbons (Fsp3) is 0.462. The maximum absolute atomic E-state index is 6.19. The zero-order valence-electron chi connectivity index (χ0n) is 10.6. The van der Waals surface area contributed by atoms with Crippen molar-refractivity contribution in [3.63, 3.8) is 0 Å². The van der Waals surface area contributed by atoms with Gasteiger partial charge in [-0.15, -0.1) is 5.10 Å². The minimum absolute atomic E-state index is 0.250. The average Bonchev–Trinajstić information content (AvgIpc) is 2.91. The number of hydrogen-bond acceptors (Lipinski definition) is 5. The van der Waals surface area contributed by atoms with Gasteiger partial charge < -0.3 is 5.73 Å². The summed E-state index contributed by atoms with van der Waals surface area (Å²) in [6, 6.07) is 10.2. The summed E-state index contributed by atoms with van der Waals surface area (Å²) < 4.78 is 1.78. The van der Waals surface area contributed by atoms with E-state index in [1.807, 2.05) is 30.3 Å². The van der Waals surface area contributed by atoms with Gasteiger partial charge in [-0.3, -0.25) is 0 Å². The summed E-state index contributed by atoms with van der Waals surface area (Å²) in [7, 11) is 0. The van der Waals surface area contributed by atoms with E-state index in [2.05, 4.69) is 15.5 Å². The molecule has 19 heavy (non-hydrogen) atoms. The van der Waals surface area contributed by atoms with Crippen LogP contribution in [-0.2, 0) is 0 Å². The van der Waals surface area contributed by atoms with E-state index in [9.17, 15) is 0 Å². The molecule has 1 heterocycles. The number of aromatic nitrogens is 4. The molecule has 6 heteroatoms. The molecule has 1 aliphatic carbocycles. The number of para-hydroxylation sites is 1. The maximum atomic E-state index is 6.19. The molecule has 2 unspecified atom stereocenters. The van der Waals surface area contributed by atoms with E-state index in [4.69, 9.17) is 5.73 Å². The Morgan fingerprint density at radius 1 is 1.16 bits per heavy atom. The van der Waals surface area contributed by atoms with Crippen molar-refractivity contribution in [3.8, 4) is 5.69 Å². The highest BCUT2D eigenvalue weighted by Crippen LogP contribution is 2.32. The lowest BCUT2D eigenvalue weighted by Crippen LogP contribution is -2.35. The molecule has 100 valence electrons. The second kappa shape index (κ2) is 5.71. The molecule has 1 aromatic carbocycles. The van der Waals surface area contributed by atoms with Gasteiger partial charge in [-0.2, -0.15) is 4.68 Å². The van der Waals surface area contributed by atoms with Gasteiger partial charge in [0.25, 0.3) is 0 Å². The van der Waals surface area contributed by atoms with Gasteiger partial charge in [0.1, 0.15) is 0 Å². The Hall–Kier alpha value is -1.40. The maximum Gasteiger partial charge on any atom is 0.214 e. The zero-order chi connectivity index (χ0) is 13.1. The van der Waals surface area contributed by atoms with Crippen molar-refractivity contribution >= 4 is 11.8 Å². The molecule has 5 nitrogen and oxygen atoms in total. The lowest BCUT2D eigenvalue weighted by Gasteiger charge is -2.27. The molecular weight excluding hydrogens is 258 g/mol. The standard InChI is InChI=1S/C13H17N5S/c14-11-8-4-5-9-12(11)19-13-15-16-17-18(13)10-6-2-1-3-7-10/h1-3,6-7,11-12H,4-5,8-9,14H2. The second-order valence-electron chi connectivity index (χ2n) is 4.81. The van der Waals surface area contributed by atoms with Crippen molar-refractivity contribution in [2.24, 2.45) is 5.73 Å². The first-order valence-electron chi connectivity index (χ1n) is 6.60. The summed E-state index contributed by atoms with van der Waals surface area (Å²) in [5.41, 5.74) is 7.17. The average molecular weight is 275 g/mol. The third-order valence-electron chi connectivity index (χ3n) is 3.45. The van der Waals surface area contributed by atoms with E-state index in [1.54, 1.807) is 16.4 Å². The van der Waals surface area contributed by atoms with E-state index in [0.717, 1.165) is 23.7 Å². The Balaban J connectivity index is 1.81. The first-order chi connectivity index (χ1) is 9.34. The molecule has 1 aliphatic rings. The molecule has 3 rings (SSSR count). The van der Waals surface area contributed by atoms with Gasteiger partial charge in [-0.25, -0.2) is 0 Å². The highest BCUT2D eigenvalue weighted by Gasteiger charge is 2.25. The fourth-order valence-corrected chi connectivity index (χ4v) is 3.58. The number of tetrazole rings is 1. The number of thioether (sulfide) groups is 1. The normalized spacial score (nSPS) is 23.4. The van der Waals surface area contributed by atoms with Crippen LogP contribution in [-0.4, -0.2) is 31.5 Å². The highest BCUT2D eigenvalue weighted by atomic mass is 32.2. The van der Waals surface area contributed by atoms with Crippen molar-refractivity contribution in [2.45, 2.75) is 42.1 Å². The highest BCUT2D eigenvalue weighted by molar-refractivity contribution is 7.99. The van der Waals surface area contributed by atoms with Crippen LogP contribution in [0.2, 0.25) is 0 Å². The van der Waals surface area contributed by atoms with Crippen LogP contribution in [0.5, 0.6) is 0 Å². The number of rotatable bonds is 3. The van der Waals surface area contributed by atoms with E-state index in [1.165, 1.54) is 12.8 Å². The molecule has 1 fully saturated rings. The summed E-state index contributed by atoms with van der Waals surface area (Å²) in [6.45, 7) is 0. The number of nitrogens with two attached hydrogens (primary N) is 1. The van der Waals surface area contributed by atoms with Crippen LogP contribution in [0.25, 0.3) is 5.69 Å². The Morgan fingerprint density at radius 2 is 1.95 bits per heavy atom. The van der Waals surface area contributed by atoms with E-state index < -0.39 is 0 Å². The molecule has 2 atom stereocenters. The van der Waals surface area contributed by atoms with Gasteiger partial charge in [-0.05, 0) is 35.4 Å². The summed E-state index contributed by atoms with van der Waals surface area (Å²) in [6.07, 6.45) is 4.73. The Morgan fingerprint density at radius 3 is 2.74 bits per heavy atom. The number of hydrogen-bond donors (Lipinski definition) is 1. The second-order valence-corrected chi connectivity index (χ2v) is 6.02. The lowest BCUT2D eigenvalue weighted by atomic mass is 9.96. The minimum atomic E-state index is 0.250. The number of nitrogens with zero attached hydrogens (tertiary/aromatic N) is 4. The van der Waals surface area contributed by atoms with Crippen LogP contribution in [0.4, 0.5) is 0 Å². The Labute approximate surface area is 116 Å². The van der Waals surface area contributed by atoms with Crippen molar-refractivity contribution in [2.75, 3.05) is 0 Å². The SMILES string of the molecule is NC1CCCCC1Sc1nnnn1-c1ccccc1. The van der Waals surface area contributed by atoms with Gasteiger partial charge >= 0.3 is 0 Å².